The van der Waals surface area contributed by atoms with Gasteiger partial charge in [0.15, 0.2) is 0 Å². The first-order valence-corrected chi connectivity index (χ1v) is 9.94. The lowest BCUT2D eigenvalue weighted by atomic mass is 10.2. The highest BCUT2D eigenvalue weighted by molar-refractivity contribution is 7.21. The van der Waals surface area contributed by atoms with Gasteiger partial charge < -0.3 is 5.32 Å². The monoisotopic (exact) mass is 425 g/mol. The van der Waals surface area contributed by atoms with Gasteiger partial charge in [0.25, 0.3) is 5.91 Å². The van der Waals surface area contributed by atoms with Gasteiger partial charge in [-0.25, -0.2) is 0 Å². The molecule has 0 atom stereocenters. The summed E-state index contributed by atoms with van der Waals surface area (Å²) >= 11 is 13.9. The van der Waals surface area contributed by atoms with Gasteiger partial charge in [0.1, 0.15) is 4.88 Å². The van der Waals surface area contributed by atoms with E-state index in [0.717, 1.165) is 10.4 Å². The Morgan fingerprint density at radius 2 is 1.50 bits per heavy atom. The summed E-state index contributed by atoms with van der Waals surface area (Å²) in [6.07, 6.45) is 0. The predicted octanol–water partition coefficient (Wildman–Crippen LogP) is 7.88. The number of thiophene rings is 1. The number of benzene rings is 3. The molecule has 4 rings (SSSR count). The lowest BCUT2D eigenvalue weighted by Crippen LogP contribution is -2.10. The highest BCUT2D eigenvalue weighted by Crippen LogP contribution is 2.39. The second-order valence-corrected chi connectivity index (χ2v) is 7.73. The Morgan fingerprint density at radius 3 is 2.18 bits per heavy atom. The molecule has 1 N–H and O–H groups in total. The van der Waals surface area contributed by atoms with Crippen molar-refractivity contribution in [1.29, 1.82) is 0 Å². The fourth-order valence-electron chi connectivity index (χ4n) is 2.63. The van der Waals surface area contributed by atoms with Crippen LogP contribution in [0.4, 0.5) is 17.1 Å². The molecule has 4 nitrogen and oxygen atoms in total. The normalized spacial score (nSPS) is 11.2. The molecule has 0 spiro atoms. The van der Waals surface area contributed by atoms with E-state index in [1.807, 2.05) is 42.5 Å². The van der Waals surface area contributed by atoms with Gasteiger partial charge in [0, 0.05) is 15.8 Å². The van der Waals surface area contributed by atoms with E-state index in [1.165, 1.54) is 11.3 Å². The molecule has 0 saturated carbocycles. The summed E-state index contributed by atoms with van der Waals surface area (Å²) in [6, 6.07) is 22.1. The van der Waals surface area contributed by atoms with Crippen LogP contribution in [0.2, 0.25) is 10.0 Å². The van der Waals surface area contributed by atoms with Crippen LogP contribution >= 0.6 is 34.5 Å². The molecule has 0 bridgehead atoms. The van der Waals surface area contributed by atoms with Crippen molar-refractivity contribution in [1.82, 2.24) is 0 Å². The molecule has 0 saturated heterocycles. The zero-order valence-electron chi connectivity index (χ0n) is 14.4. The summed E-state index contributed by atoms with van der Waals surface area (Å²) in [4.78, 5) is 13.1. The third-order valence-electron chi connectivity index (χ3n) is 3.97. The molecule has 138 valence electrons. The molecule has 3 aromatic carbocycles. The number of carbonyl (C=O) groups is 1. The molecule has 28 heavy (non-hydrogen) atoms. The van der Waals surface area contributed by atoms with E-state index in [0.29, 0.717) is 31.7 Å². The summed E-state index contributed by atoms with van der Waals surface area (Å²) < 4.78 is 0.874. The molecule has 0 unspecified atom stereocenters. The first kappa shape index (κ1) is 18.6. The van der Waals surface area contributed by atoms with Gasteiger partial charge in [-0.1, -0.05) is 47.5 Å². The topological polar surface area (TPSA) is 53.8 Å². The molecule has 0 aliphatic heterocycles. The second kappa shape index (κ2) is 8.10. The van der Waals surface area contributed by atoms with E-state index in [-0.39, 0.29) is 5.91 Å². The van der Waals surface area contributed by atoms with Crippen LogP contribution in [-0.4, -0.2) is 5.91 Å². The van der Waals surface area contributed by atoms with Crippen LogP contribution in [0.15, 0.2) is 83.0 Å². The quantitative estimate of drug-likeness (QED) is 0.332. The van der Waals surface area contributed by atoms with Crippen molar-refractivity contribution < 1.29 is 4.79 Å². The van der Waals surface area contributed by atoms with Crippen LogP contribution < -0.4 is 5.32 Å². The van der Waals surface area contributed by atoms with Gasteiger partial charge in [-0.3, -0.25) is 4.79 Å². The summed E-state index contributed by atoms with van der Waals surface area (Å²) in [7, 11) is 0. The van der Waals surface area contributed by atoms with Crippen molar-refractivity contribution in [3.63, 3.8) is 0 Å². The zero-order chi connectivity index (χ0) is 19.5. The molecular weight excluding hydrogens is 413 g/mol. The maximum Gasteiger partial charge on any atom is 0.267 e. The Morgan fingerprint density at radius 1 is 0.821 bits per heavy atom. The standard InChI is InChI=1S/C21H13Cl2N3OS/c22-16-7-4-8-17-18(16)19(23)20(28-17)21(27)24-13-9-11-15(12-10-13)26-25-14-5-2-1-3-6-14/h1-12H,(H,24,27). The van der Waals surface area contributed by atoms with E-state index in [4.69, 9.17) is 23.2 Å². The van der Waals surface area contributed by atoms with Gasteiger partial charge in [-0.05, 0) is 48.5 Å². The molecule has 1 amide bonds. The van der Waals surface area contributed by atoms with Crippen molar-refractivity contribution in [2.45, 2.75) is 0 Å². The van der Waals surface area contributed by atoms with Gasteiger partial charge in [-0.15, -0.1) is 11.3 Å². The first-order valence-electron chi connectivity index (χ1n) is 8.36. The Kier molecular flexibility index (Phi) is 5.39. The molecule has 1 aromatic heterocycles. The van der Waals surface area contributed by atoms with E-state index >= 15 is 0 Å². The van der Waals surface area contributed by atoms with Gasteiger partial charge in [0.2, 0.25) is 0 Å². The number of carbonyl (C=O) groups excluding carboxylic acids is 1. The molecule has 0 aliphatic rings. The number of hydrogen-bond acceptors (Lipinski definition) is 4. The van der Waals surface area contributed by atoms with Crippen molar-refractivity contribution in [2.24, 2.45) is 10.2 Å². The molecule has 4 aromatic rings. The highest BCUT2D eigenvalue weighted by atomic mass is 35.5. The van der Waals surface area contributed by atoms with Crippen molar-refractivity contribution in [3.8, 4) is 0 Å². The lowest BCUT2D eigenvalue weighted by molar-refractivity contribution is 0.103. The number of hydrogen-bond donors (Lipinski definition) is 1. The number of rotatable bonds is 4. The number of nitrogens with one attached hydrogen (secondary N) is 1. The van der Waals surface area contributed by atoms with E-state index in [2.05, 4.69) is 15.5 Å². The molecule has 1 heterocycles. The van der Waals surface area contributed by atoms with Crippen molar-refractivity contribution in [3.05, 3.63) is 87.7 Å². The highest BCUT2D eigenvalue weighted by Gasteiger charge is 2.18. The average Bonchev–Trinajstić information content (AvgIpc) is 3.06. The van der Waals surface area contributed by atoms with Crippen LogP contribution in [0.5, 0.6) is 0 Å². The fraction of sp³-hybridized carbons (Fsp3) is 0. The predicted molar refractivity (Wildman–Crippen MR) is 117 cm³/mol. The summed E-state index contributed by atoms with van der Waals surface area (Å²) in [5.41, 5.74) is 2.11. The molecule has 0 fully saturated rings. The molecule has 7 heteroatoms. The van der Waals surface area contributed by atoms with Crippen LogP contribution in [-0.2, 0) is 0 Å². The SMILES string of the molecule is O=C(Nc1ccc(N=Nc2ccccc2)cc1)c1sc2cccc(Cl)c2c1Cl. The minimum Gasteiger partial charge on any atom is -0.321 e. The van der Waals surface area contributed by atoms with Gasteiger partial charge in [-0.2, -0.15) is 10.2 Å². The number of azo groups is 1. The molecular formula is C21H13Cl2N3OS. The third kappa shape index (κ3) is 3.92. The minimum atomic E-state index is -0.277. The summed E-state index contributed by atoms with van der Waals surface area (Å²) in [5.74, 6) is -0.277. The van der Waals surface area contributed by atoms with Crippen LogP contribution in [0.25, 0.3) is 10.1 Å². The smallest absolute Gasteiger partial charge is 0.267 e. The Balaban J connectivity index is 1.50. The van der Waals surface area contributed by atoms with Crippen molar-refractivity contribution >= 4 is 67.6 Å². The summed E-state index contributed by atoms with van der Waals surface area (Å²) in [5, 5.41) is 12.8. The first-order chi connectivity index (χ1) is 13.6. The fourth-order valence-corrected chi connectivity index (χ4v) is 4.48. The lowest BCUT2D eigenvalue weighted by Gasteiger charge is -2.04. The average molecular weight is 426 g/mol. The number of anilines is 1. The van der Waals surface area contributed by atoms with E-state index in [9.17, 15) is 4.79 Å². The van der Waals surface area contributed by atoms with Gasteiger partial charge >= 0.3 is 0 Å². The van der Waals surface area contributed by atoms with Gasteiger partial charge in [0.05, 0.1) is 21.4 Å². The van der Waals surface area contributed by atoms with Crippen LogP contribution in [0, 0.1) is 0 Å². The maximum atomic E-state index is 12.6. The molecule has 0 aliphatic carbocycles. The molecule has 0 radical (unpaired) electrons. The minimum absolute atomic E-state index is 0.277. The Hall–Kier alpha value is -2.73. The number of fused-ring (bicyclic) bond motifs is 1. The van der Waals surface area contributed by atoms with Crippen LogP contribution in [0.1, 0.15) is 9.67 Å². The third-order valence-corrected chi connectivity index (χ3v) is 5.93. The maximum absolute atomic E-state index is 12.6. The Labute approximate surface area is 175 Å². The van der Waals surface area contributed by atoms with E-state index < -0.39 is 0 Å². The Bertz CT molecular complexity index is 1170. The number of amides is 1. The van der Waals surface area contributed by atoms with E-state index in [1.54, 1.807) is 30.3 Å². The number of nitrogens with zero attached hydrogens (tertiary/aromatic N) is 2. The van der Waals surface area contributed by atoms with Crippen molar-refractivity contribution in [2.75, 3.05) is 5.32 Å². The zero-order valence-corrected chi connectivity index (χ0v) is 16.7. The summed E-state index contributed by atoms with van der Waals surface area (Å²) in [6.45, 7) is 0. The van der Waals surface area contributed by atoms with Crippen LogP contribution in [0.3, 0.4) is 0 Å². The largest absolute Gasteiger partial charge is 0.321 e. The number of halogens is 2. The second-order valence-electron chi connectivity index (χ2n) is 5.89.